The number of furan rings is 1. The minimum atomic E-state index is -4.33. The number of alkyl halides is 3. The molecular formula is C15H16F3NO. The average molecular weight is 283 g/mol. The topological polar surface area (TPSA) is 25.2 Å². The smallest absolute Gasteiger partial charge is 0.416 e. The van der Waals surface area contributed by atoms with Crippen LogP contribution in [0, 0.1) is 13.8 Å². The van der Waals surface area contributed by atoms with Crippen molar-refractivity contribution in [1.29, 1.82) is 0 Å². The van der Waals surface area contributed by atoms with Gasteiger partial charge in [0, 0.05) is 11.3 Å². The minimum Gasteiger partial charge on any atom is -0.466 e. The minimum absolute atomic E-state index is 0.129. The highest BCUT2D eigenvalue weighted by molar-refractivity contribution is 5.48. The predicted molar refractivity (Wildman–Crippen MR) is 71.7 cm³/mol. The lowest BCUT2D eigenvalue weighted by Crippen LogP contribution is -2.09. The maximum atomic E-state index is 12.7. The van der Waals surface area contributed by atoms with E-state index >= 15 is 0 Å². The monoisotopic (exact) mass is 283 g/mol. The highest BCUT2D eigenvalue weighted by Crippen LogP contribution is 2.32. The van der Waals surface area contributed by atoms with Gasteiger partial charge >= 0.3 is 6.18 Å². The van der Waals surface area contributed by atoms with Crippen molar-refractivity contribution in [3.05, 3.63) is 53.0 Å². The molecule has 0 spiro atoms. The van der Waals surface area contributed by atoms with Crippen LogP contribution in [0.25, 0.3) is 0 Å². The summed E-state index contributed by atoms with van der Waals surface area (Å²) in [6.07, 6.45) is -4.33. The Labute approximate surface area is 115 Å². The molecule has 0 bridgehead atoms. The third-order valence-electron chi connectivity index (χ3n) is 3.12. The van der Waals surface area contributed by atoms with Gasteiger partial charge in [-0.3, -0.25) is 0 Å². The first kappa shape index (κ1) is 14.5. The van der Waals surface area contributed by atoms with Crippen molar-refractivity contribution in [1.82, 2.24) is 0 Å². The zero-order chi connectivity index (χ0) is 14.9. The summed E-state index contributed by atoms with van der Waals surface area (Å²) in [5, 5.41) is 3.06. The second-order valence-electron chi connectivity index (χ2n) is 4.81. The van der Waals surface area contributed by atoms with E-state index in [9.17, 15) is 13.2 Å². The van der Waals surface area contributed by atoms with Gasteiger partial charge < -0.3 is 9.73 Å². The predicted octanol–water partition coefficient (Wildman–Crippen LogP) is 5.09. The summed E-state index contributed by atoms with van der Waals surface area (Å²) in [6, 6.07) is 6.94. The van der Waals surface area contributed by atoms with E-state index in [1.165, 1.54) is 6.07 Å². The molecule has 0 fully saturated rings. The summed E-state index contributed by atoms with van der Waals surface area (Å²) in [6.45, 7) is 5.57. The lowest BCUT2D eigenvalue weighted by atomic mass is 10.1. The van der Waals surface area contributed by atoms with Crippen LogP contribution in [-0.4, -0.2) is 0 Å². The molecule has 1 unspecified atom stereocenters. The number of hydrogen-bond acceptors (Lipinski definition) is 2. The van der Waals surface area contributed by atoms with Gasteiger partial charge in [0.05, 0.1) is 11.6 Å². The Bertz CT molecular complexity index is 601. The van der Waals surface area contributed by atoms with E-state index in [1.54, 1.807) is 6.07 Å². The summed E-state index contributed by atoms with van der Waals surface area (Å²) in [7, 11) is 0. The highest BCUT2D eigenvalue weighted by Gasteiger charge is 2.30. The summed E-state index contributed by atoms with van der Waals surface area (Å²) in [5.41, 5.74) is 0.722. The number of benzene rings is 1. The van der Waals surface area contributed by atoms with Crippen LogP contribution in [0.1, 0.15) is 35.6 Å². The first-order chi connectivity index (χ1) is 9.27. The van der Waals surface area contributed by atoms with E-state index in [0.29, 0.717) is 5.69 Å². The Balaban J connectivity index is 2.20. The molecule has 2 nitrogen and oxygen atoms in total. The van der Waals surface area contributed by atoms with Gasteiger partial charge in [-0.15, -0.1) is 0 Å². The van der Waals surface area contributed by atoms with Crippen molar-refractivity contribution in [2.24, 2.45) is 0 Å². The van der Waals surface area contributed by atoms with Crippen molar-refractivity contribution in [2.45, 2.75) is 33.0 Å². The molecule has 2 aromatic rings. The Hall–Kier alpha value is -1.91. The van der Waals surface area contributed by atoms with Crippen LogP contribution in [0.3, 0.4) is 0 Å². The largest absolute Gasteiger partial charge is 0.466 e. The quantitative estimate of drug-likeness (QED) is 0.849. The molecule has 0 saturated carbocycles. The molecule has 0 radical (unpaired) electrons. The normalized spacial score (nSPS) is 13.3. The van der Waals surface area contributed by atoms with Crippen molar-refractivity contribution in [3.63, 3.8) is 0 Å². The molecule has 0 saturated heterocycles. The molecule has 1 N–H and O–H groups in total. The van der Waals surface area contributed by atoms with Gasteiger partial charge in [-0.05, 0) is 45.0 Å². The van der Waals surface area contributed by atoms with E-state index in [4.69, 9.17) is 4.42 Å². The molecule has 0 aliphatic heterocycles. The molecule has 108 valence electrons. The number of hydrogen-bond donors (Lipinski definition) is 1. The number of rotatable bonds is 3. The highest BCUT2D eigenvalue weighted by atomic mass is 19.4. The number of anilines is 1. The van der Waals surface area contributed by atoms with Crippen molar-refractivity contribution in [3.8, 4) is 0 Å². The fourth-order valence-electron chi connectivity index (χ4n) is 2.19. The van der Waals surface area contributed by atoms with Crippen LogP contribution < -0.4 is 5.32 Å². The van der Waals surface area contributed by atoms with Gasteiger partial charge in [0.15, 0.2) is 0 Å². The number of aryl methyl sites for hydroxylation is 2. The summed E-state index contributed by atoms with van der Waals surface area (Å²) in [5.74, 6) is 1.56. The fraction of sp³-hybridized carbons (Fsp3) is 0.333. The Morgan fingerprint density at radius 2 is 1.85 bits per heavy atom. The number of nitrogens with one attached hydrogen (secondary N) is 1. The molecule has 5 heteroatoms. The Kier molecular flexibility index (Phi) is 3.79. The first-order valence-electron chi connectivity index (χ1n) is 6.28. The first-order valence-corrected chi connectivity index (χ1v) is 6.28. The standard InChI is InChI=1S/C15H16F3NO/c1-9-7-14(11(3)20-9)10(2)19-13-6-4-5-12(8-13)15(16,17)18/h4-8,10,19H,1-3H3. The molecule has 2 rings (SSSR count). The molecule has 20 heavy (non-hydrogen) atoms. The average Bonchev–Trinajstić information content (AvgIpc) is 2.68. The maximum Gasteiger partial charge on any atom is 0.416 e. The summed E-state index contributed by atoms with van der Waals surface area (Å²) in [4.78, 5) is 0. The van der Waals surface area contributed by atoms with Gasteiger partial charge in [-0.1, -0.05) is 6.07 Å². The second-order valence-corrected chi connectivity index (χ2v) is 4.81. The van der Waals surface area contributed by atoms with Gasteiger partial charge in [0.2, 0.25) is 0 Å². The van der Waals surface area contributed by atoms with E-state index in [1.807, 2.05) is 26.8 Å². The van der Waals surface area contributed by atoms with Crippen LogP contribution in [0.4, 0.5) is 18.9 Å². The van der Waals surface area contributed by atoms with E-state index in [-0.39, 0.29) is 6.04 Å². The van der Waals surface area contributed by atoms with Crippen LogP contribution in [-0.2, 0) is 6.18 Å². The third-order valence-corrected chi connectivity index (χ3v) is 3.12. The lowest BCUT2D eigenvalue weighted by molar-refractivity contribution is -0.137. The Morgan fingerprint density at radius 1 is 1.15 bits per heavy atom. The molecule has 0 aliphatic rings. The zero-order valence-electron chi connectivity index (χ0n) is 11.5. The van der Waals surface area contributed by atoms with Crippen molar-refractivity contribution >= 4 is 5.69 Å². The van der Waals surface area contributed by atoms with E-state index in [2.05, 4.69) is 5.32 Å². The molecule has 1 heterocycles. The fourth-order valence-corrected chi connectivity index (χ4v) is 2.19. The van der Waals surface area contributed by atoms with Crippen molar-refractivity contribution < 1.29 is 17.6 Å². The van der Waals surface area contributed by atoms with Gasteiger partial charge in [-0.2, -0.15) is 13.2 Å². The van der Waals surface area contributed by atoms with Gasteiger partial charge in [0.25, 0.3) is 0 Å². The second kappa shape index (κ2) is 5.23. The molecule has 0 aliphatic carbocycles. The number of halogens is 3. The zero-order valence-corrected chi connectivity index (χ0v) is 11.5. The van der Waals surface area contributed by atoms with Gasteiger partial charge in [-0.25, -0.2) is 0 Å². The van der Waals surface area contributed by atoms with E-state index in [0.717, 1.165) is 29.2 Å². The van der Waals surface area contributed by atoms with Crippen LogP contribution in [0.15, 0.2) is 34.7 Å². The molecular weight excluding hydrogens is 267 g/mol. The van der Waals surface area contributed by atoms with Crippen LogP contribution in [0.5, 0.6) is 0 Å². The molecule has 0 amide bonds. The molecule has 1 atom stereocenters. The Morgan fingerprint density at radius 3 is 2.40 bits per heavy atom. The van der Waals surface area contributed by atoms with E-state index < -0.39 is 11.7 Å². The lowest BCUT2D eigenvalue weighted by Gasteiger charge is -2.16. The van der Waals surface area contributed by atoms with Crippen LogP contribution >= 0.6 is 0 Å². The maximum absolute atomic E-state index is 12.7. The van der Waals surface area contributed by atoms with Gasteiger partial charge in [0.1, 0.15) is 11.5 Å². The van der Waals surface area contributed by atoms with Crippen molar-refractivity contribution in [2.75, 3.05) is 5.32 Å². The molecule has 1 aromatic carbocycles. The summed E-state index contributed by atoms with van der Waals surface area (Å²) < 4.78 is 43.4. The van der Waals surface area contributed by atoms with Crippen LogP contribution in [0.2, 0.25) is 0 Å². The third kappa shape index (κ3) is 3.15. The SMILES string of the molecule is Cc1cc(C(C)Nc2cccc(C(F)(F)F)c2)c(C)o1. The molecule has 1 aromatic heterocycles. The summed E-state index contributed by atoms with van der Waals surface area (Å²) >= 11 is 0.